The lowest BCUT2D eigenvalue weighted by Crippen LogP contribution is -2.36. The molecule has 3 fully saturated rings. The third-order valence-corrected chi connectivity index (χ3v) is 7.72. The summed E-state index contributed by atoms with van der Waals surface area (Å²) in [5.74, 6) is 2.35. The molecule has 1 N–H and O–H groups in total. The number of carbonyl (C=O) groups is 1. The van der Waals surface area contributed by atoms with Crippen LogP contribution in [0.25, 0.3) is 0 Å². The van der Waals surface area contributed by atoms with Crippen LogP contribution in [0.2, 0.25) is 0 Å². The van der Waals surface area contributed by atoms with Crippen molar-refractivity contribution in [3.63, 3.8) is 0 Å². The highest BCUT2D eigenvalue weighted by molar-refractivity contribution is 5.79. The van der Waals surface area contributed by atoms with Crippen LogP contribution in [-0.4, -0.2) is 27.3 Å². The van der Waals surface area contributed by atoms with E-state index < -0.39 is 0 Å². The Labute approximate surface area is 177 Å². The van der Waals surface area contributed by atoms with Crippen molar-refractivity contribution in [3.05, 3.63) is 17.7 Å². The van der Waals surface area contributed by atoms with Gasteiger partial charge in [-0.1, -0.05) is 70.6 Å². The quantitative estimate of drug-likeness (QED) is 0.618. The second-order valence-electron chi connectivity index (χ2n) is 9.85. The molecule has 1 amide bonds. The van der Waals surface area contributed by atoms with Crippen LogP contribution in [0, 0.1) is 5.92 Å². The van der Waals surface area contributed by atoms with Crippen LogP contribution in [0.5, 0.6) is 0 Å². The van der Waals surface area contributed by atoms with Gasteiger partial charge >= 0.3 is 0 Å². The minimum absolute atomic E-state index is 0.178. The van der Waals surface area contributed by atoms with E-state index in [1.54, 1.807) is 0 Å². The molecule has 2 heterocycles. The summed E-state index contributed by atoms with van der Waals surface area (Å²) in [5.41, 5.74) is 1.32. The van der Waals surface area contributed by atoms with Crippen LogP contribution in [0.3, 0.4) is 0 Å². The van der Waals surface area contributed by atoms with E-state index >= 15 is 0 Å². The molecule has 162 valence electrons. The molecule has 1 saturated heterocycles. The molecule has 4 nitrogen and oxygen atoms in total. The lowest BCUT2D eigenvalue weighted by atomic mass is 9.89. The molecule has 4 rings (SSSR count). The topological polar surface area (TPSA) is 49.0 Å². The number of carbonyl (C=O) groups excluding carboxylic acids is 1. The Kier molecular flexibility index (Phi) is 7.67. The van der Waals surface area contributed by atoms with Crippen LogP contribution in [0.4, 0.5) is 0 Å². The van der Waals surface area contributed by atoms with Crippen molar-refractivity contribution >= 4 is 5.91 Å². The molecule has 0 spiro atoms. The maximum atomic E-state index is 13.4. The Morgan fingerprint density at radius 3 is 2.03 bits per heavy atom. The highest BCUT2D eigenvalue weighted by Gasteiger charge is 2.35. The lowest BCUT2D eigenvalue weighted by Gasteiger charge is -2.28. The van der Waals surface area contributed by atoms with Crippen molar-refractivity contribution in [2.75, 3.05) is 6.54 Å². The van der Waals surface area contributed by atoms with Gasteiger partial charge in [0, 0.05) is 30.3 Å². The van der Waals surface area contributed by atoms with E-state index in [4.69, 9.17) is 4.98 Å². The number of aromatic amines is 1. The van der Waals surface area contributed by atoms with Crippen LogP contribution < -0.4 is 0 Å². The first-order chi connectivity index (χ1) is 14.3. The number of amides is 1. The zero-order valence-corrected chi connectivity index (χ0v) is 18.3. The number of hydrogen-bond donors (Lipinski definition) is 1. The SMILES string of the molecule is O=C(C1CCCCCCCC1)N1CCC[C@H]1c1ncc(C2CCCCCCC2)[nH]1. The lowest BCUT2D eigenvalue weighted by molar-refractivity contribution is -0.137. The number of rotatable bonds is 3. The molecule has 0 radical (unpaired) electrons. The van der Waals surface area contributed by atoms with E-state index in [0.717, 1.165) is 38.1 Å². The smallest absolute Gasteiger partial charge is 0.226 e. The van der Waals surface area contributed by atoms with Gasteiger partial charge in [-0.15, -0.1) is 0 Å². The molecule has 0 aromatic carbocycles. The average Bonchev–Trinajstić information content (AvgIpc) is 3.38. The van der Waals surface area contributed by atoms with Gasteiger partial charge in [-0.2, -0.15) is 0 Å². The number of hydrogen-bond acceptors (Lipinski definition) is 2. The van der Waals surface area contributed by atoms with Gasteiger partial charge in [-0.05, 0) is 38.5 Å². The summed E-state index contributed by atoms with van der Waals surface area (Å²) < 4.78 is 0. The molecule has 4 heteroatoms. The standard InChI is InChI=1S/C25H41N3O/c29-25(21-15-10-4-1-2-5-11-16-21)28-18-12-17-23(28)24-26-19-22(27-24)20-13-8-6-3-7-9-14-20/h19-21,23H,1-18H2,(H,26,27)/t23-/m0/s1. The summed E-state index contributed by atoms with van der Waals surface area (Å²) in [7, 11) is 0. The average molecular weight is 400 g/mol. The van der Waals surface area contributed by atoms with Gasteiger partial charge in [-0.25, -0.2) is 4.98 Å². The second-order valence-corrected chi connectivity index (χ2v) is 9.85. The van der Waals surface area contributed by atoms with Gasteiger partial charge in [0.1, 0.15) is 5.82 Å². The van der Waals surface area contributed by atoms with E-state index in [1.807, 2.05) is 0 Å². The molecule has 3 aliphatic rings. The highest BCUT2D eigenvalue weighted by atomic mass is 16.2. The van der Waals surface area contributed by atoms with Crippen LogP contribution in [0.15, 0.2) is 6.20 Å². The first kappa shape index (κ1) is 20.9. The summed E-state index contributed by atoms with van der Waals surface area (Å²) in [6, 6.07) is 0.178. The molecule has 0 unspecified atom stereocenters. The largest absolute Gasteiger partial charge is 0.344 e. The van der Waals surface area contributed by atoms with Crippen molar-refractivity contribution in [2.45, 2.75) is 121 Å². The van der Waals surface area contributed by atoms with Crippen molar-refractivity contribution in [1.29, 1.82) is 0 Å². The van der Waals surface area contributed by atoms with E-state index in [9.17, 15) is 4.79 Å². The monoisotopic (exact) mass is 399 g/mol. The third kappa shape index (κ3) is 5.44. The fourth-order valence-electron chi connectivity index (χ4n) is 5.92. The normalized spacial score (nSPS) is 26.3. The number of nitrogens with zero attached hydrogens (tertiary/aromatic N) is 2. The summed E-state index contributed by atoms with van der Waals surface area (Å²) in [6.45, 7) is 0.916. The summed E-state index contributed by atoms with van der Waals surface area (Å²) in [5, 5.41) is 0. The molecule has 29 heavy (non-hydrogen) atoms. The van der Waals surface area contributed by atoms with Gasteiger partial charge in [-0.3, -0.25) is 4.79 Å². The number of H-pyrrole nitrogens is 1. The van der Waals surface area contributed by atoms with Crippen LogP contribution in [0.1, 0.15) is 133 Å². The fourth-order valence-corrected chi connectivity index (χ4v) is 5.92. The maximum Gasteiger partial charge on any atom is 0.226 e. The zero-order chi connectivity index (χ0) is 19.9. The Balaban J connectivity index is 1.42. The highest BCUT2D eigenvalue weighted by Crippen LogP contribution is 2.36. The maximum absolute atomic E-state index is 13.4. The van der Waals surface area contributed by atoms with E-state index in [1.165, 1.54) is 89.2 Å². The second kappa shape index (κ2) is 10.6. The van der Waals surface area contributed by atoms with Gasteiger partial charge in [0.2, 0.25) is 5.91 Å². The van der Waals surface area contributed by atoms with Crippen LogP contribution >= 0.6 is 0 Å². The predicted molar refractivity (Wildman–Crippen MR) is 118 cm³/mol. The molecule has 1 aliphatic heterocycles. The number of aromatic nitrogens is 2. The summed E-state index contributed by atoms with van der Waals surface area (Å²) in [6.07, 6.45) is 23.6. The van der Waals surface area contributed by atoms with Crippen molar-refractivity contribution < 1.29 is 4.79 Å². The molecular formula is C25H41N3O. The van der Waals surface area contributed by atoms with Crippen LogP contribution in [-0.2, 0) is 4.79 Å². The fraction of sp³-hybridized carbons (Fsp3) is 0.840. The minimum Gasteiger partial charge on any atom is -0.344 e. The van der Waals surface area contributed by atoms with Gasteiger partial charge in [0.15, 0.2) is 0 Å². The van der Waals surface area contributed by atoms with E-state index in [0.29, 0.717) is 11.8 Å². The molecule has 1 aromatic heterocycles. The Bertz CT molecular complexity index is 622. The molecule has 2 saturated carbocycles. The summed E-state index contributed by atoms with van der Waals surface area (Å²) >= 11 is 0. The number of nitrogens with one attached hydrogen (secondary N) is 1. The predicted octanol–water partition coefficient (Wildman–Crippen LogP) is 6.65. The van der Waals surface area contributed by atoms with Gasteiger partial charge < -0.3 is 9.88 Å². The molecule has 2 aliphatic carbocycles. The Hall–Kier alpha value is -1.32. The molecule has 1 aromatic rings. The van der Waals surface area contributed by atoms with Gasteiger partial charge in [0.25, 0.3) is 0 Å². The third-order valence-electron chi connectivity index (χ3n) is 7.72. The minimum atomic E-state index is 0.178. The van der Waals surface area contributed by atoms with Gasteiger partial charge in [0.05, 0.1) is 6.04 Å². The first-order valence-electron chi connectivity index (χ1n) is 12.7. The Morgan fingerprint density at radius 2 is 1.38 bits per heavy atom. The zero-order valence-electron chi connectivity index (χ0n) is 18.3. The van der Waals surface area contributed by atoms with E-state index in [2.05, 4.69) is 16.1 Å². The molecule has 0 bridgehead atoms. The summed E-state index contributed by atoms with van der Waals surface area (Å²) in [4.78, 5) is 24.1. The number of imidazole rings is 1. The first-order valence-corrected chi connectivity index (χ1v) is 12.7. The molecular weight excluding hydrogens is 358 g/mol. The van der Waals surface area contributed by atoms with Crippen molar-refractivity contribution in [1.82, 2.24) is 14.9 Å². The number of likely N-dealkylation sites (tertiary alicyclic amines) is 1. The Morgan fingerprint density at radius 1 is 0.793 bits per heavy atom. The van der Waals surface area contributed by atoms with E-state index in [-0.39, 0.29) is 12.0 Å². The van der Waals surface area contributed by atoms with Crippen molar-refractivity contribution in [2.24, 2.45) is 5.92 Å². The molecule has 1 atom stereocenters. The van der Waals surface area contributed by atoms with Crippen molar-refractivity contribution in [3.8, 4) is 0 Å².